The number of carbonyl (C=O) groups is 1. The summed E-state index contributed by atoms with van der Waals surface area (Å²) in [6.45, 7) is 6.43. The largest absolute Gasteiger partial charge is 0.497 e. The molecule has 0 radical (unpaired) electrons. The highest BCUT2D eigenvalue weighted by Crippen LogP contribution is 2.41. The summed E-state index contributed by atoms with van der Waals surface area (Å²) < 4.78 is 6.91. The van der Waals surface area contributed by atoms with E-state index < -0.39 is 0 Å². The van der Waals surface area contributed by atoms with E-state index in [1.807, 2.05) is 45.0 Å². The number of methoxy groups -OCH3 is 1. The molecular weight excluding hydrogens is 430 g/mol. The van der Waals surface area contributed by atoms with Gasteiger partial charge in [0.25, 0.3) is 5.56 Å². The van der Waals surface area contributed by atoms with Crippen molar-refractivity contribution in [2.24, 2.45) is 5.92 Å². The first-order valence-corrected chi connectivity index (χ1v) is 12.3. The third kappa shape index (κ3) is 4.50. The van der Waals surface area contributed by atoms with Gasteiger partial charge in [-0.15, -0.1) is 11.3 Å². The Balaban J connectivity index is 1.50. The van der Waals surface area contributed by atoms with E-state index in [2.05, 4.69) is 5.32 Å². The summed E-state index contributed by atoms with van der Waals surface area (Å²) in [6.07, 6.45) is 2.24. The minimum Gasteiger partial charge on any atom is -0.497 e. The van der Waals surface area contributed by atoms with Gasteiger partial charge in [0, 0.05) is 11.4 Å². The van der Waals surface area contributed by atoms with Crippen molar-refractivity contribution in [2.75, 3.05) is 12.9 Å². The zero-order chi connectivity index (χ0) is 22.1. The molecular formula is C23H27N3O3S2. The second-order valence-electron chi connectivity index (χ2n) is 7.85. The fourth-order valence-electron chi connectivity index (χ4n) is 3.76. The number of nitrogens with one attached hydrogen (secondary N) is 1. The molecule has 1 aliphatic rings. The van der Waals surface area contributed by atoms with Crippen LogP contribution in [-0.4, -0.2) is 28.3 Å². The molecule has 1 N–H and O–H groups in total. The lowest BCUT2D eigenvalue weighted by Gasteiger charge is -2.19. The van der Waals surface area contributed by atoms with E-state index >= 15 is 0 Å². The minimum absolute atomic E-state index is 0.00501. The highest BCUT2D eigenvalue weighted by molar-refractivity contribution is 7.99. The predicted molar refractivity (Wildman–Crippen MR) is 126 cm³/mol. The van der Waals surface area contributed by atoms with Crippen LogP contribution in [0.2, 0.25) is 0 Å². The fraction of sp³-hybridized carbons (Fsp3) is 0.435. The molecule has 4 rings (SSSR count). The molecule has 1 saturated carbocycles. The maximum atomic E-state index is 13.0. The van der Waals surface area contributed by atoms with Crippen molar-refractivity contribution in [3.8, 4) is 5.75 Å². The Morgan fingerprint density at radius 1 is 1.32 bits per heavy atom. The van der Waals surface area contributed by atoms with Crippen LogP contribution in [-0.2, 0) is 11.3 Å². The molecule has 2 heterocycles. The molecule has 0 aliphatic heterocycles. The van der Waals surface area contributed by atoms with E-state index in [1.165, 1.54) is 23.1 Å². The number of benzene rings is 1. The summed E-state index contributed by atoms with van der Waals surface area (Å²) >= 11 is 2.86. The zero-order valence-electron chi connectivity index (χ0n) is 18.2. The number of carbonyl (C=O) groups excluding carboxylic acids is 1. The van der Waals surface area contributed by atoms with Gasteiger partial charge in [-0.25, -0.2) is 4.98 Å². The van der Waals surface area contributed by atoms with Crippen molar-refractivity contribution in [3.63, 3.8) is 0 Å². The first-order chi connectivity index (χ1) is 14.9. The second-order valence-corrected chi connectivity index (χ2v) is 10.00. The highest BCUT2D eigenvalue weighted by Gasteiger charge is 2.33. The van der Waals surface area contributed by atoms with Crippen LogP contribution < -0.4 is 15.6 Å². The Bertz CT molecular complexity index is 1160. The number of rotatable bonds is 8. The molecule has 31 heavy (non-hydrogen) atoms. The molecule has 6 nitrogen and oxygen atoms in total. The van der Waals surface area contributed by atoms with Gasteiger partial charge in [-0.2, -0.15) is 0 Å². The van der Waals surface area contributed by atoms with E-state index in [1.54, 1.807) is 11.7 Å². The molecule has 8 heteroatoms. The number of hydrogen-bond acceptors (Lipinski definition) is 6. The Kier molecular flexibility index (Phi) is 6.39. The molecule has 3 aromatic rings. The van der Waals surface area contributed by atoms with Crippen molar-refractivity contribution in [2.45, 2.75) is 51.4 Å². The average molecular weight is 458 g/mol. The van der Waals surface area contributed by atoms with Gasteiger partial charge < -0.3 is 10.1 Å². The molecule has 0 saturated heterocycles. The van der Waals surface area contributed by atoms with Crippen LogP contribution in [0.1, 0.15) is 41.8 Å². The number of amides is 1. The monoisotopic (exact) mass is 457 g/mol. The van der Waals surface area contributed by atoms with Crippen molar-refractivity contribution >= 4 is 39.2 Å². The summed E-state index contributed by atoms with van der Waals surface area (Å²) in [5.74, 6) is 1.45. The van der Waals surface area contributed by atoms with Crippen molar-refractivity contribution in [3.05, 3.63) is 50.6 Å². The average Bonchev–Trinajstić information content (AvgIpc) is 3.56. The molecule has 164 valence electrons. The lowest BCUT2D eigenvalue weighted by Crippen LogP contribution is -2.31. The quantitative estimate of drug-likeness (QED) is 0.399. The maximum absolute atomic E-state index is 13.0. The predicted octanol–water partition coefficient (Wildman–Crippen LogP) is 4.46. The lowest BCUT2D eigenvalue weighted by atomic mass is 10.0. The summed E-state index contributed by atoms with van der Waals surface area (Å²) in [4.78, 5) is 32.3. The van der Waals surface area contributed by atoms with E-state index in [-0.39, 0.29) is 23.3 Å². The molecule has 1 unspecified atom stereocenters. The van der Waals surface area contributed by atoms with Crippen LogP contribution in [0.4, 0.5) is 0 Å². The third-order valence-corrected chi connectivity index (χ3v) is 7.86. The molecule has 2 aromatic heterocycles. The number of nitrogens with zero attached hydrogens (tertiary/aromatic N) is 2. The van der Waals surface area contributed by atoms with Crippen LogP contribution in [0.3, 0.4) is 0 Å². The Morgan fingerprint density at radius 3 is 2.65 bits per heavy atom. The molecule has 1 fully saturated rings. The Morgan fingerprint density at radius 2 is 2.03 bits per heavy atom. The molecule has 1 amide bonds. The molecule has 0 spiro atoms. The zero-order valence-corrected chi connectivity index (χ0v) is 19.9. The first-order valence-electron chi connectivity index (χ1n) is 10.5. The van der Waals surface area contributed by atoms with Crippen molar-refractivity contribution < 1.29 is 9.53 Å². The minimum atomic E-state index is -0.0479. The SMILES string of the molecule is CCn1c(SCC(=O)NC(c2ccc(OC)cc2)C2CC2)nc2sc(C)c(C)c2c1=O. The van der Waals surface area contributed by atoms with E-state index in [0.717, 1.165) is 39.4 Å². The van der Waals surface area contributed by atoms with E-state index in [9.17, 15) is 9.59 Å². The van der Waals surface area contributed by atoms with Crippen LogP contribution in [0.5, 0.6) is 5.75 Å². The smallest absolute Gasteiger partial charge is 0.263 e. The molecule has 0 bridgehead atoms. The topological polar surface area (TPSA) is 73.2 Å². The van der Waals surface area contributed by atoms with Gasteiger partial charge in [0.1, 0.15) is 10.6 Å². The number of thioether (sulfide) groups is 1. The third-order valence-electron chi connectivity index (χ3n) is 5.79. The molecule has 1 aliphatic carbocycles. The van der Waals surface area contributed by atoms with Crippen LogP contribution >= 0.6 is 23.1 Å². The molecule has 1 atom stereocenters. The highest BCUT2D eigenvalue weighted by atomic mass is 32.2. The van der Waals surface area contributed by atoms with Crippen LogP contribution in [0.15, 0.2) is 34.2 Å². The van der Waals surface area contributed by atoms with Gasteiger partial charge in [-0.05, 0) is 62.8 Å². The normalized spacial score (nSPS) is 14.6. The maximum Gasteiger partial charge on any atom is 0.263 e. The first kappa shape index (κ1) is 21.9. The van der Waals surface area contributed by atoms with E-state index in [4.69, 9.17) is 9.72 Å². The van der Waals surface area contributed by atoms with Gasteiger partial charge in [-0.3, -0.25) is 14.2 Å². The molecule has 1 aromatic carbocycles. The number of hydrogen-bond donors (Lipinski definition) is 1. The fourth-order valence-corrected chi connectivity index (χ4v) is 5.70. The lowest BCUT2D eigenvalue weighted by molar-refractivity contribution is -0.119. The summed E-state index contributed by atoms with van der Waals surface area (Å²) in [6, 6.07) is 7.89. The van der Waals surface area contributed by atoms with Gasteiger partial charge in [0.2, 0.25) is 5.91 Å². The van der Waals surface area contributed by atoms with Crippen LogP contribution in [0.25, 0.3) is 10.2 Å². The summed E-state index contributed by atoms with van der Waals surface area (Å²) in [5.41, 5.74) is 2.07. The number of thiophene rings is 1. The Hall–Kier alpha value is -2.32. The van der Waals surface area contributed by atoms with Crippen molar-refractivity contribution in [1.82, 2.24) is 14.9 Å². The van der Waals surface area contributed by atoms with Gasteiger partial charge in [0.05, 0.1) is 24.3 Å². The number of aryl methyl sites for hydroxylation is 2. The Labute approximate surface area is 190 Å². The summed E-state index contributed by atoms with van der Waals surface area (Å²) in [7, 11) is 1.65. The number of fused-ring (bicyclic) bond motifs is 1. The number of aromatic nitrogens is 2. The summed E-state index contributed by atoms with van der Waals surface area (Å²) in [5, 5.41) is 4.49. The van der Waals surface area contributed by atoms with Gasteiger partial charge in [0.15, 0.2) is 5.16 Å². The van der Waals surface area contributed by atoms with Gasteiger partial charge in [-0.1, -0.05) is 23.9 Å². The number of ether oxygens (including phenoxy) is 1. The van der Waals surface area contributed by atoms with E-state index in [0.29, 0.717) is 23.0 Å². The van der Waals surface area contributed by atoms with Crippen molar-refractivity contribution in [1.29, 1.82) is 0 Å². The standard InChI is InChI=1S/C23H27N3O3S2/c1-5-26-22(28)19-13(2)14(3)31-21(19)25-23(26)30-12-18(27)24-20(15-6-7-15)16-8-10-17(29-4)11-9-16/h8-11,15,20H,5-7,12H2,1-4H3,(H,24,27). The van der Waals surface area contributed by atoms with Gasteiger partial charge >= 0.3 is 0 Å². The second kappa shape index (κ2) is 9.04. The van der Waals surface area contributed by atoms with Crippen LogP contribution in [0, 0.1) is 19.8 Å².